The van der Waals surface area contributed by atoms with Gasteiger partial charge in [0.15, 0.2) is 5.65 Å². The van der Waals surface area contributed by atoms with Crippen LogP contribution in [0.4, 0.5) is 5.69 Å². The van der Waals surface area contributed by atoms with Gasteiger partial charge in [0.05, 0.1) is 24.2 Å². The van der Waals surface area contributed by atoms with Gasteiger partial charge in [-0.15, -0.1) is 0 Å². The Morgan fingerprint density at radius 3 is 2.70 bits per heavy atom. The van der Waals surface area contributed by atoms with Crippen LogP contribution in [0.5, 0.6) is 0 Å². The van der Waals surface area contributed by atoms with E-state index < -0.39 is 10.8 Å². The molecule has 0 bridgehead atoms. The van der Waals surface area contributed by atoms with Crippen LogP contribution in [0.3, 0.4) is 0 Å². The third-order valence-corrected chi connectivity index (χ3v) is 5.42. The molecule has 0 aliphatic heterocycles. The quantitative estimate of drug-likeness (QED) is 0.330. The summed E-state index contributed by atoms with van der Waals surface area (Å²) in [7, 11) is 0. The van der Waals surface area contributed by atoms with Crippen molar-refractivity contribution in [2.75, 3.05) is 6.54 Å². The molecule has 2 heterocycles. The van der Waals surface area contributed by atoms with E-state index in [-0.39, 0.29) is 29.9 Å². The highest BCUT2D eigenvalue weighted by atomic mass is 35.5. The number of hydrogen-bond acceptors (Lipinski definition) is 6. The number of nitro benzene ring substituents is 1. The van der Waals surface area contributed by atoms with Crippen LogP contribution in [0.15, 0.2) is 59.8 Å². The van der Waals surface area contributed by atoms with E-state index in [2.05, 4.69) is 15.4 Å². The molecule has 0 saturated carbocycles. The molecule has 11 heteroatoms. The maximum Gasteiger partial charge on any atom is 0.273 e. The van der Waals surface area contributed by atoms with Gasteiger partial charge in [-0.2, -0.15) is 5.10 Å². The number of nitro groups is 1. The maximum absolute atomic E-state index is 12.8. The molecule has 1 N–H and O–H groups in total. The van der Waals surface area contributed by atoms with Crippen molar-refractivity contribution in [2.24, 2.45) is 0 Å². The van der Waals surface area contributed by atoms with Gasteiger partial charge in [-0.05, 0) is 30.7 Å². The first-order valence-corrected chi connectivity index (χ1v) is 10.4. The molecule has 1 amide bonds. The Labute approximate surface area is 192 Å². The van der Waals surface area contributed by atoms with E-state index in [1.165, 1.54) is 40.0 Å². The number of carbonyl (C=O) groups excluding carboxylic acids is 1. The molecule has 2 aromatic carbocycles. The molecule has 168 valence electrons. The number of nitrogens with one attached hydrogen (secondary N) is 1. The van der Waals surface area contributed by atoms with Crippen molar-refractivity contribution >= 4 is 34.2 Å². The summed E-state index contributed by atoms with van der Waals surface area (Å²) in [5, 5.41) is 19.0. The number of amides is 1. The average Bonchev–Trinajstić information content (AvgIpc) is 3.21. The number of hydrogen-bond donors (Lipinski definition) is 1. The first kappa shape index (κ1) is 22.2. The lowest BCUT2D eigenvalue weighted by molar-refractivity contribution is -0.385. The lowest BCUT2D eigenvalue weighted by atomic mass is 10.1. The van der Waals surface area contributed by atoms with Gasteiger partial charge >= 0.3 is 0 Å². The smallest absolute Gasteiger partial charge is 0.273 e. The van der Waals surface area contributed by atoms with Crippen LogP contribution < -0.4 is 10.9 Å². The SMILES string of the molecule is Cc1ccc(C(=O)NCCn2ncc3c(=O)n(Cc4ccc(Cl)cc4)cnc32)cc1[N+](=O)[O-]. The van der Waals surface area contributed by atoms with E-state index in [9.17, 15) is 19.7 Å². The zero-order valence-corrected chi connectivity index (χ0v) is 18.3. The summed E-state index contributed by atoms with van der Waals surface area (Å²) in [6, 6.07) is 11.5. The number of halogens is 1. The molecule has 0 atom stereocenters. The first-order valence-electron chi connectivity index (χ1n) is 10.0. The van der Waals surface area contributed by atoms with Crippen molar-refractivity contribution < 1.29 is 9.72 Å². The summed E-state index contributed by atoms with van der Waals surface area (Å²) < 4.78 is 3.02. The Bertz CT molecular complexity index is 1410. The minimum atomic E-state index is -0.520. The van der Waals surface area contributed by atoms with Crippen molar-refractivity contribution in [2.45, 2.75) is 20.0 Å². The normalized spacial score (nSPS) is 11.0. The van der Waals surface area contributed by atoms with E-state index in [1.54, 1.807) is 19.1 Å². The summed E-state index contributed by atoms with van der Waals surface area (Å²) in [5.74, 6) is -0.437. The van der Waals surface area contributed by atoms with Crippen LogP contribution in [0.2, 0.25) is 5.02 Å². The Kier molecular flexibility index (Phi) is 6.18. The molecule has 4 rings (SSSR count). The second-order valence-corrected chi connectivity index (χ2v) is 7.86. The second kappa shape index (κ2) is 9.21. The molecule has 0 spiro atoms. The summed E-state index contributed by atoms with van der Waals surface area (Å²) in [6.45, 7) is 2.44. The summed E-state index contributed by atoms with van der Waals surface area (Å²) in [5.41, 5.74) is 1.66. The van der Waals surface area contributed by atoms with Crippen LogP contribution in [-0.2, 0) is 13.1 Å². The van der Waals surface area contributed by atoms with Crippen molar-refractivity contribution in [3.05, 3.63) is 97.2 Å². The van der Waals surface area contributed by atoms with E-state index >= 15 is 0 Å². The van der Waals surface area contributed by atoms with Crippen molar-refractivity contribution in [3.8, 4) is 0 Å². The Morgan fingerprint density at radius 2 is 1.97 bits per heavy atom. The summed E-state index contributed by atoms with van der Waals surface area (Å²) in [4.78, 5) is 40.1. The molecule has 0 aliphatic carbocycles. The fraction of sp³-hybridized carbons (Fsp3) is 0.182. The summed E-state index contributed by atoms with van der Waals surface area (Å²) in [6.07, 6.45) is 2.91. The standard InChI is InChI=1S/C22H19ClN6O4/c1-14-2-5-16(10-19(14)29(32)33)21(30)24-8-9-28-20-18(11-26-28)22(31)27(13-25-20)12-15-3-6-17(23)7-4-15/h2-7,10-11,13H,8-9,12H2,1H3,(H,24,30). The maximum atomic E-state index is 12.8. The van der Waals surface area contributed by atoms with Crippen LogP contribution in [-0.4, -0.2) is 36.7 Å². The monoisotopic (exact) mass is 466 g/mol. The highest BCUT2D eigenvalue weighted by Gasteiger charge is 2.15. The molecule has 0 fully saturated rings. The highest BCUT2D eigenvalue weighted by molar-refractivity contribution is 6.30. The Hall–Kier alpha value is -4.05. The Morgan fingerprint density at radius 1 is 1.21 bits per heavy atom. The molecule has 0 aliphatic rings. The number of rotatable bonds is 7. The molecule has 2 aromatic heterocycles. The van der Waals surface area contributed by atoms with Crippen LogP contribution in [0, 0.1) is 17.0 Å². The predicted molar refractivity (Wildman–Crippen MR) is 123 cm³/mol. The molecule has 4 aromatic rings. The average molecular weight is 467 g/mol. The minimum Gasteiger partial charge on any atom is -0.350 e. The fourth-order valence-corrected chi connectivity index (χ4v) is 3.51. The topological polar surface area (TPSA) is 125 Å². The van der Waals surface area contributed by atoms with Gasteiger partial charge in [-0.3, -0.25) is 24.3 Å². The minimum absolute atomic E-state index is 0.111. The number of aromatic nitrogens is 4. The molecule has 10 nitrogen and oxygen atoms in total. The summed E-state index contributed by atoms with van der Waals surface area (Å²) >= 11 is 5.90. The lowest BCUT2D eigenvalue weighted by Crippen LogP contribution is -2.28. The Balaban J connectivity index is 1.44. The fourth-order valence-electron chi connectivity index (χ4n) is 3.38. The van der Waals surface area contributed by atoms with E-state index in [1.807, 2.05) is 12.1 Å². The van der Waals surface area contributed by atoms with Crippen LogP contribution in [0.25, 0.3) is 11.0 Å². The molecule has 0 radical (unpaired) electrons. The third-order valence-electron chi connectivity index (χ3n) is 5.17. The first-order chi connectivity index (χ1) is 15.8. The molecule has 33 heavy (non-hydrogen) atoms. The van der Waals surface area contributed by atoms with Crippen LogP contribution in [0.1, 0.15) is 21.5 Å². The predicted octanol–water partition coefficient (Wildman–Crippen LogP) is 2.94. The van der Waals surface area contributed by atoms with E-state index in [0.29, 0.717) is 28.2 Å². The van der Waals surface area contributed by atoms with Gasteiger partial charge in [0, 0.05) is 28.8 Å². The van der Waals surface area contributed by atoms with Crippen molar-refractivity contribution in [1.29, 1.82) is 0 Å². The van der Waals surface area contributed by atoms with Gasteiger partial charge in [0.25, 0.3) is 17.2 Å². The van der Waals surface area contributed by atoms with E-state index in [0.717, 1.165) is 5.56 Å². The number of fused-ring (bicyclic) bond motifs is 1. The third kappa shape index (κ3) is 4.75. The largest absolute Gasteiger partial charge is 0.350 e. The van der Waals surface area contributed by atoms with Crippen molar-refractivity contribution in [3.63, 3.8) is 0 Å². The number of nitrogens with zero attached hydrogens (tertiary/aromatic N) is 5. The van der Waals surface area contributed by atoms with Crippen molar-refractivity contribution in [1.82, 2.24) is 24.6 Å². The molecular formula is C22H19ClN6O4. The highest BCUT2D eigenvalue weighted by Crippen LogP contribution is 2.19. The molecule has 0 unspecified atom stereocenters. The zero-order valence-electron chi connectivity index (χ0n) is 17.6. The molecular weight excluding hydrogens is 448 g/mol. The lowest BCUT2D eigenvalue weighted by Gasteiger charge is -2.08. The van der Waals surface area contributed by atoms with Crippen LogP contribution >= 0.6 is 11.6 Å². The van der Waals surface area contributed by atoms with Gasteiger partial charge < -0.3 is 5.32 Å². The second-order valence-electron chi connectivity index (χ2n) is 7.42. The van der Waals surface area contributed by atoms with Gasteiger partial charge in [0.1, 0.15) is 11.7 Å². The molecule has 0 saturated heterocycles. The van der Waals surface area contributed by atoms with Gasteiger partial charge in [-0.25, -0.2) is 9.67 Å². The number of aryl methyl sites for hydroxylation is 1. The van der Waals surface area contributed by atoms with E-state index in [4.69, 9.17) is 11.6 Å². The van der Waals surface area contributed by atoms with Gasteiger partial charge in [0.2, 0.25) is 0 Å². The number of carbonyl (C=O) groups is 1. The zero-order chi connectivity index (χ0) is 23.5. The number of benzene rings is 2. The van der Waals surface area contributed by atoms with Gasteiger partial charge in [-0.1, -0.05) is 29.8 Å².